The molecule has 1 N–H and O–H groups in total. The first kappa shape index (κ1) is 14.6. The van der Waals surface area contributed by atoms with Gasteiger partial charge in [0.25, 0.3) is 0 Å². The van der Waals surface area contributed by atoms with E-state index >= 15 is 0 Å². The lowest BCUT2D eigenvalue weighted by atomic mass is 10.1. The van der Waals surface area contributed by atoms with Crippen molar-refractivity contribution in [3.05, 3.63) is 66.1 Å². The van der Waals surface area contributed by atoms with E-state index in [-0.39, 0.29) is 11.8 Å². The second-order valence-corrected chi connectivity index (χ2v) is 6.12. The normalized spacial score (nSPS) is 19.0. The average Bonchev–Trinajstić information content (AvgIpc) is 3.23. The van der Waals surface area contributed by atoms with Crippen LogP contribution in [0, 0.1) is 12.8 Å². The van der Waals surface area contributed by atoms with Gasteiger partial charge in [-0.05, 0) is 48.6 Å². The highest BCUT2D eigenvalue weighted by Crippen LogP contribution is 2.48. The van der Waals surface area contributed by atoms with Crippen LogP contribution in [0.1, 0.15) is 23.5 Å². The standard InChI is InChI=1S/C19H17N3O2/c1-12-9-14(19-22-20-11-24-19)7-8-17(12)21-18(23)16-10-15(16)13-5-3-2-4-6-13/h2-9,11,15-16H,10H2,1H3,(H,21,23)/t15-,16-/m0/s1. The Kier molecular flexibility index (Phi) is 3.61. The van der Waals surface area contributed by atoms with Crippen LogP contribution in [0.3, 0.4) is 0 Å². The Morgan fingerprint density at radius 1 is 1.21 bits per heavy atom. The quantitative estimate of drug-likeness (QED) is 0.794. The summed E-state index contributed by atoms with van der Waals surface area (Å²) in [4.78, 5) is 12.5. The van der Waals surface area contributed by atoms with E-state index in [1.807, 2.05) is 43.3 Å². The summed E-state index contributed by atoms with van der Waals surface area (Å²) in [7, 11) is 0. The molecule has 1 aliphatic rings. The first-order chi connectivity index (χ1) is 11.7. The molecule has 2 aromatic carbocycles. The summed E-state index contributed by atoms with van der Waals surface area (Å²) in [6.07, 6.45) is 2.21. The van der Waals surface area contributed by atoms with Gasteiger partial charge in [0.2, 0.25) is 18.2 Å². The van der Waals surface area contributed by atoms with Gasteiger partial charge in [-0.2, -0.15) is 0 Å². The Hall–Kier alpha value is -2.95. The molecule has 4 rings (SSSR count). The third-order valence-corrected chi connectivity index (χ3v) is 4.45. The van der Waals surface area contributed by atoms with Crippen molar-refractivity contribution < 1.29 is 9.21 Å². The number of aromatic nitrogens is 2. The topological polar surface area (TPSA) is 68.0 Å². The molecule has 5 heteroatoms. The molecule has 1 heterocycles. The number of anilines is 1. The van der Waals surface area contributed by atoms with Gasteiger partial charge in [-0.1, -0.05) is 30.3 Å². The van der Waals surface area contributed by atoms with Gasteiger partial charge in [0, 0.05) is 17.2 Å². The minimum Gasteiger partial charge on any atom is -0.423 e. The zero-order valence-electron chi connectivity index (χ0n) is 13.3. The van der Waals surface area contributed by atoms with Crippen molar-refractivity contribution in [2.24, 2.45) is 5.92 Å². The number of nitrogens with one attached hydrogen (secondary N) is 1. The summed E-state index contributed by atoms with van der Waals surface area (Å²) in [5, 5.41) is 10.6. The molecule has 1 amide bonds. The Labute approximate surface area is 139 Å². The SMILES string of the molecule is Cc1cc(-c2nnco2)ccc1NC(=O)[C@H]1C[C@H]1c1ccccc1. The smallest absolute Gasteiger partial charge is 0.247 e. The lowest BCUT2D eigenvalue weighted by molar-refractivity contribution is -0.117. The van der Waals surface area contributed by atoms with E-state index in [4.69, 9.17) is 4.42 Å². The van der Waals surface area contributed by atoms with Gasteiger partial charge in [-0.25, -0.2) is 0 Å². The Bertz CT molecular complexity index is 860. The van der Waals surface area contributed by atoms with Crippen LogP contribution < -0.4 is 5.32 Å². The van der Waals surface area contributed by atoms with E-state index in [0.717, 1.165) is 23.2 Å². The summed E-state index contributed by atoms with van der Waals surface area (Å²) >= 11 is 0. The second kappa shape index (κ2) is 5.92. The van der Waals surface area contributed by atoms with Gasteiger partial charge in [-0.3, -0.25) is 4.79 Å². The predicted octanol–water partition coefficient (Wildman–Crippen LogP) is 3.79. The molecular weight excluding hydrogens is 302 g/mol. The third-order valence-electron chi connectivity index (χ3n) is 4.45. The first-order valence-corrected chi connectivity index (χ1v) is 7.95. The molecule has 0 radical (unpaired) electrons. The number of nitrogens with zero attached hydrogens (tertiary/aromatic N) is 2. The van der Waals surface area contributed by atoms with Gasteiger partial charge in [-0.15, -0.1) is 10.2 Å². The van der Waals surface area contributed by atoms with E-state index in [1.165, 1.54) is 12.0 Å². The number of hydrogen-bond donors (Lipinski definition) is 1. The van der Waals surface area contributed by atoms with Gasteiger partial charge in [0.05, 0.1) is 0 Å². The van der Waals surface area contributed by atoms with Gasteiger partial charge in [0.15, 0.2) is 0 Å². The number of amides is 1. The van der Waals surface area contributed by atoms with Crippen molar-refractivity contribution in [1.29, 1.82) is 0 Å². The van der Waals surface area contributed by atoms with Crippen LogP contribution in [0.25, 0.3) is 11.5 Å². The average molecular weight is 319 g/mol. The molecule has 1 aliphatic carbocycles. The molecule has 0 saturated heterocycles. The molecule has 1 aromatic heterocycles. The summed E-state index contributed by atoms with van der Waals surface area (Å²) < 4.78 is 5.20. The highest BCUT2D eigenvalue weighted by Gasteiger charge is 2.43. The lowest BCUT2D eigenvalue weighted by Gasteiger charge is -2.09. The van der Waals surface area contributed by atoms with Crippen LogP contribution in [-0.2, 0) is 4.79 Å². The highest BCUT2D eigenvalue weighted by atomic mass is 16.4. The Morgan fingerprint density at radius 3 is 2.75 bits per heavy atom. The largest absolute Gasteiger partial charge is 0.423 e. The number of carbonyl (C=O) groups excluding carboxylic acids is 1. The molecular formula is C19H17N3O2. The predicted molar refractivity (Wildman–Crippen MR) is 90.4 cm³/mol. The van der Waals surface area contributed by atoms with Crippen LogP contribution in [0.2, 0.25) is 0 Å². The highest BCUT2D eigenvalue weighted by molar-refractivity contribution is 5.96. The van der Waals surface area contributed by atoms with Crippen LogP contribution >= 0.6 is 0 Å². The van der Waals surface area contributed by atoms with E-state index in [1.54, 1.807) is 0 Å². The molecule has 0 spiro atoms. The Morgan fingerprint density at radius 2 is 2.04 bits per heavy atom. The fourth-order valence-electron chi connectivity index (χ4n) is 3.01. The van der Waals surface area contributed by atoms with Crippen molar-refractivity contribution in [2.75, 3.05) is 5.32 Å². The number of benzene rings is 2. The number of rotatable bonds is 4. The molecule has 5 nitrogen and oxygen atoms in total. The minimum atomic E-state index is 0.0578. The maximum Gasteiger partial charge on any atom is 0.247 e. The monoisotopic (exact) mass is 319 g/mol. The molecule has 24 heavy (non-hydrogen) atoms. The third kappa shape index (κ3) is 2.80. The van der Waals surface area contributed by atoms with Crippen molar-refractivity contribution in [3.8, 4) is 11.5 Å². The van der Waals surface area contributed by atoms with Gasteiger partial charge in [0.1, 0.15) is 0 Å². The summed E-state index contributed by atoms with van der Waals surface area (Å²) in [5.74, 6) is 0.950. The number of hydrogen-bond acceptors (Lipinski definition) is 4. The molecule has 0 unspecified atom stereocenters. The fourth-order valence-corrected chi connectivity index (χ4v) is 3.01. The van der Waals surface area contributed by atoms with Crippen LogP contribution in [0.5, 0.6) is 0 Å². The van der Waals surface area contributed by atoms with Crippen molar-refractivity contribution in [3.63, 3.8) is 0 Å². The maximum atomic E-state index is 12.5. The van der Waals surface area contributed by atoms with Gasteiger partial charge < -0.3 is 9.73 Å². The molecule has 0 aliphatic heterocycles. The minimum absolute atomic E-state index is 0.0578. The summed E-state index contributed by atoms with van der Waals surface area (Å²) in [6, 6.07) is 15.9. The van der Waals surface area contributed by atoms with Crippen molar-refractivity contribution in [2.45, 2.75) is 19.3 Å². The molecule has 1 fully saturated rings. The summed E-state index contributed by atoms with van der Waals surface area (Å²) in [6.45, 7) is 1.96. The molecule has 120 valence electrons. The summed E-state index contributed by atoms with van der Waals surface area (Å²) in [5.41, 5.74) is 3.87. The van der Waals surface area contributed by atoms with E-state index in [2.05, 4.69) is 27.6 Å². The van der Waals surface area contributed by atoms with E-state index in [9.17, 15) is 4.79 Å². The van der Waals surface area contributed by atoms with E-state index < -0.39 is 0 Å². The number of aryl methyl sites for hydroxylation is 1. The zero-order valence-corrected chi connectivity index (χ0v) is 13.3. The molecule has 1 saturated carbocycles. The first-order valence-electron chi connectivity index (χ1n) is 7.95. The maximum absolute atomic E-state index is 12.5. The van der Waals surface area contributed by atoms with Crippen LogP contribution in [0.4, 0.5) is 5.69 Å². The Balaban J connectivity index is 1.45. The van der Waals surface area contributed by atoms with Gasteiger partial charge >= 0.3 is 0 Å². The second-order valence-electron chi connectivity index (χ2n) is 6.12. The molecule has 3 aromatic rings. The van der Waals surface area contributed by atoms with Crippen LogP contribution in [0.15, 0.2) is 59.3 Å². The fraction of sp³-hybridized carbons (Fsp3) is 0.211. The molecule has 0 bridgehead atoms. The molecule has 2 atom stereocenters. The number of carbonyl (C=O) groups is 1. The lowest BCUT2D eigenvalue weighted by Crippen LogP contribution is -2.15. The van der Waals surface area contributed by atoms with E-state index in [0.29, 0.717) is 11.8 Å². The van der Waals surface area contributed by atoms with Crippen molar-refractivity contribution in [1.82, 2.24) is 10.2 Å². The zero-order chi connectivity index (χ0) is 16.5. The van der Waals surface area contributed by atoms with Crippen molar-refractivity contribution >= 4 is 11.6 Å². The van der Waals surface area contributed by atoms with Crippen LogP contribution in [-0.4, -0.2) is 16.1 Å².